The summed E-state index contributed by atoms with van der Waals surface area (Å²) in [7, 11) is 0. The summed E-state index contributed by atoms with van der Waals surface area (Å²) >= 11 is 1.30. The average Bonchev–Trinajstić information content (AvgIpc) is 3.35. The topological polar surface area (TPSA) is 77.7 Å². The van der Waals surface area contributed by atoms with E-state index in [4.69, 9.17) is 13.9 Å². The predicted molar refractivity (Wildman–Crippen MR) is 108 cm³/mol. The van der Waals surface area contributed by atoms with Crippen LogP contribution in [-0.4, -0.2) is 46.1 Å². The largest absolute Gasteiger partial charge is 0.454 e. The predicted octanol–water partition coefficient (Wildman–Crippen LogP) is 3.98. The number of benzene rings is 1. The van der Waals surface area contributed by atoms with Crippen LogP contribution in [0.2, 0.25) is 0 Å². The Balaban J connectivity index is 1.23. The number of amides is 1. The number of carbonyl (C=O) groups excluding carboxylic acids is 1. The van der Waals surface area contributed by atoms with Gasteiger partial charge in [0, 0.05) is 18.2 Å². The smallest absolute Gasteiger partial charge is 0.277 e. The lowest BCUT2D eigenvalue weighted by Gasteiger charge is -2.39. The van der Waals surface area contributed by atoms with Gasteiger partial charge in [0.2, 0.25) is 18.6 Å². The highest BCUT2D eigenvalue weighted by molar-refractivity contribution is 7.99. The fourth-order valence-electron chi connectivity index (χ4n) is 5.37. The molecule has 29 heavy (non-hydrogen) atoms. The minimum Gasteiger partial charge on any atom is -0.454 e. The molecule has 5 rings (SSSR count). The molecule has 1 amide bonds. The molecule has 1 aromatic carbocycles. The molecule has 0 radical (unpaired) electrons. The Morgan fingerprint density at radius 2 is 2.03 bits per heavy atom. The van der Waals surface area contributed by atoms with Crippen molar-refractivity contribution in [1.29, 1.82) is 0 Å². The molecule has 3 heterocycles. The molecule has 8 heteroatoms. The summed E-state index contributed by atoms with van der Waals surface area (Å²) in [5, 5.41) is 8.61. The van der Waals surface area contributed by atoms with Crippen LogP contribution in [0, 0.1) is 10.8 Å². The highest BCUT2D eigenvalue weighted by Crippen LogP contribution is 2.52. The SMILES string of the molecule is CC1(C)C[C@H]2C[C@@](C)(CN2C(=O)CSc2nnc(-c3ccc4c(c3)OCO4)o2)C1. The maximum Gasteiger partial charge on any atom is 0.277 e. The molecule has 2 bridgehead atoms. The number of aromatic nitrogens is 2. The molecule has 0 unspecified atom stereocenters. The van der Waals surface area contributed by atoms with Gasteiger partial charge in [0.05, 0.1) is 5.75 Å². The summed E-state index contributed by atoms with van der Waals surface area (Å²) in [5.41, 5.74) is 1.30. The minimum absolute atomic E-state index is 0.157. The zero-order chi connectivity index (χ0) is 20.2. The van der Waals surface area contributed by atoms with Gasteiger partial charge in [-0.05, 0) is 48.3 Å². The highest BCUT2D eigenvalue weighted by atomic mass is 32.2. The number of carbonyl (C=O) groups is 1. The number of ether oxygens (including phenoxy) is 2. The zero-order valence-corrected chi connectivity index (χ0v) is 17.8. The van der Waals surface area contributed by atoms with Gasteiger partial charge in [-0.3, -0.25) is 4.79 Å². The third-order valence-corrected chi connectivity index (χ3v) is 6.88. The van der Waals surface area contributed by atoms with E-state index in [-0.39, 0.29) is 18.1 Å². The minimum atomic E-state index is 0.157. The molecule has 2 aliphatic heterocycles. The van der Waals surface area contributed by atoms with Crippen LogP contribution < -0.4 is 9.47 Å². The van der Waals surface area contributed by atoms with E-state index < -0.39 is 0 Å². The molecule has 3 aliphatic rings. The van der Waals surface area contributed by atoms with Crippen LogP contribution in [0.1, 0.15) is 40.0 Å². The first-order valence-corrected chi connectivity index (χ1v) is 10.9. The van der Waals surface area contributed by atoms with Crippen molar-refractivity contribution in [2.24, 2.45) is 10.8 Å². The van der Waals surface area contributed by atoms with E-state index in [1.807, 2.05) is 18.2 Å². The molecule has 154 valence electrons. The molecule has 2 atom stereocenters. The summed E-state index contributed by atoms with van der Waals surface area (Å²) in [6, 6.07) is 5.85. The molecule has 1 saturated carbocycles. The fourth-order valence-corrected chi connectivity index (χ4v) is 6.02. The van der Waals surface area contributed by atoms with Gasteiger partial charge in [-0.25, -0.2) is 0 Å². The molecule has 2 fully saturated rings. The van der Waals surface area contributed by atoms with E-state index >= 15 is 0 Å². The van der Waals surface area contributed by atoms with Gasteiger partial charge < -0.3 is 18.8 Å². The summed E-state index contributed by atoms with van der Waals surface area (Å²) in [5.74, 6) is 2.26. The second-order valence-corrected chi connectivity index (χ2v) is 10.4. The van der Waals surface area contributed by atoms with Gasteiger partial charge in [0.15, 0.2) is 11.5 Å². The Morgan fingerprint density at radius 3 is 2.90 bits per heavy atom. The quantitative estimate of drug-likeness (QED) is 0.699. The lowest BCUT2D eigenvalue weighted by atomic mass is 9.65. The third-order valence-electron chi connectivity index (χ3n) is 6.08. The van der Waals surface area contributed by atoms with Crippen molar-refractivity contribution in [2.45, 2.75) is 51.3 Å². The van der Waals surface area contributed by atoms with Gasteiger partial charge in [-0.1, -0.05) is 32.5 Å². The molecule has 0 N–H and O–H groups in total. The Hall–Kier alpha value is -2.22. The van der Waals surface area contributed by atoms with E-state index in [2.05, 4.69) is 35.9 Å². The first-order valence-electron chi connectivity index (χ1n) is 9.96. The summed E-state index contributed by atoms with van der Waals surface area (Å²) in [4.78, 5) is 15.0. The number of hydrogen-bond acceptors (Lipinski definition) is 7. The van der Waals surface area contributed by atoms with Crippen molar-refractivity contribution in [2.75, 3.05) is 19.1 Å². The maximum absolute atomic E-state index is 12.9. The average molecular weight is 416 g/mol. The van der Waals surface area contributed by atoms with Gasteiger partial charge >= 0.3 is 0 Å². The molecule has 0 spiro atoms. The van der Waals surface area contributed by atoms with Crippen LogP contribution >= 0.6 is 11.8 Å². The van der Waals surface area contributed by atoms with Crippen LogP contribution in [0.3, 0.4) is 0 Å². The number of thioether (sulfide) groups is 1. The van der Waals surface area contributed by atoms with Crippen molar-refractivity contribution < 1.29 is 18.7 Å². The Labute approximate surface area is 174 Å². The van der Waals surface area contributed by atoms with Crippen LogP contribution in [0.25, 0.3) is 11.5 Å². The third kappa shape index (κ3) is 3.58. The van der Waals surface area contributed by atoms with Crippen molar-refractivity contribution >= 4 is 17.7 Å². The van der Waals surface area contributed by atoms with Crippen LogP contribution in [0.5, 0.6) is 11.5 Å². The standard InChI is InChI=1S/C21H25N3O4S/c1-20(2)7-14-8-21(3,10-20)11-24(14)17(25)9-29-19-23-22-18(28-19)13-4-5-15-16(6-13)27-12-26-15/h4-6,14H,7-12H2,1-3H3/t14-,21+/m0/s1. The Bertz CT molecular complexity index is 959. The van der Waals surface area contributed by atoms with E-state index in [1.165, 1.54) is 18.2 Å². The second kappa shape index (κ2) is 6.65. The molecular weight excluding hydrogens is 390 g/mol. The number of fused-ring (bicyclic) bond motifs is 3. The normalized spacial score (nSPS) is 26.7. The Morgan fingerprint density at radius 1 is 1.21 bits per heavy atom. The molecule has 1 saturated heterocycles. The summed E-state index contributed by atoms with van der Waals surface area (Å²) < 4.78 is 16.5. The van der Waals surface area contributed by atoms with E-state index in [9.17, 15) is 4.79 Å². The van der Waals surface area contributed by atoms with Crippen LogP contribution in [0.15, 0.2) is 27.8 Å². The number of hydrogen-bond donors (Lipinski definition) is 0. The molecule has 1 aromatic heterocycles. The molecule has 2 aromatic rings. The highest BCUT2D eigenvalue weighted by Gasteiger charge is 2.50. The fraction of sp³-hybridized carbons (Fsp3) is 0.571. The van der Waals surface area contributed by atoms with Gasteiger partial charge in [0.1, 0.15) is 0 Å². The Kier molecular flexibility index (Phi) is 4.31. The van der Waals surface area contributed by atoms with E-state index in [1.54, 1.807) is 0 Å². The van der Waals surface area contributed by atoms with Crippen molar-refractivity contribution in [3.63, 3.8) is 0 Å². The van der Waals surface area contributed by atoms with Crippen LogP contribution in [0.4, 0.5) is 0 Å². The first kappa shape index (κ1) is 18.8. The molecule has 7 nitrogen and oxygen atoms in total. The van der Waals surface area contributed by atoms with Gasteiger partial charge in [-0.15, -0.1) is 10.2 Å². The lowest BCUT2D eigenvalue weighted by molar-refractivity contribution is -0.129. The van der Waals surface area contributed by atoms with Gasteiger partial charge in [0.25, 0.3) is 5.22 Å². The van der Waals surface area contributed by atoms with Crippen molar-refractivity contribution in [1.82, 2.24) is 15.1 Å². The maximum atomic E-state index is 12.9. The van der Waals surface area contributed by atoms with Crippen LogP contribution in [-0.2, 0) is 4.79 Å². The van der Waals surface area contributed by atoms with E-state index in [0.717, 1.165) is 24.9 Å². The molecular formula is C21H25N3O4S. The van der Waals surface area contributed by atoms with E-state index in [0.29, 0.717) is 39.8 Å². The number of nitrogens with zero attached hydrogens (tertiary/aromatic N) is 3. The van der Waals surface area contributed by atoms with Crippen molar-refractivity contribution in [3.8, 4) is 23.0 Å². The number of rotatable bonds is 4. The molecule has 1 aliphatic carbocycles. The monoisotopic (exact) mass is 415 g/mol. The van der Waals surface area contributed by atoms with Gasteiger partial charge in [-0.2, -0.15) is 0 Å². The second-order valence-electron chi connectivity index (χ2n) is 9.47. The number of likely N-dealkylation sites (tertiary alicyclic amines) is 1. The zero-order valence-electron chi connectivity index (χ0n) is 16.9. The van der Waals surface area contributed by atoms with Crippen molar-refractivity contribution in [3.05, 3.63) is 18.2 Å². The first-order chi connectivity index (χ1) is 13.8. The summed E-state index contributed by atoms with van der Waals surface area (Å²) in [6.45, 7) is 8.02. The lowest BCUT2D eigenvalue weighted by Crippen LogP contribution is -2.38. The summed E-state index contributed by atoms with van der Waals surface area (Å²) in [6.07, 6.45) is 3.37.